The number of benzene rings is 2. The van der Waals surface area contributed by atoms with E-state index in [4.69, 9.17) is 4.74 Å². The SMILES string of the molecule is CCOc1ccc(-c2nc(CC(=O)Nc3ccc(C(C)=O)cc3)cs2)cc1. The number of hydrogen-bond acceptors (Lipinski definition) is 5. The summed E-state index contributed by atoms with van der Waals surface area (Å²) < 4.78 is 5.44. The van der Waals surface area contributed by atoms with Gasteiger partial charge >= 0.3 is 0 Å². The highest BCUT2D eigenvalue weighted by molar-refractivity contribution is 7.13. The lowest BCUT2D eigenvalue weighted by atomic mass is 10.1. The number of carbonyl (C=O) groups is 2. The molecule has 1 N–H and O–H groups in total. The first-order valence-corrected chi connectivity index (χ1v) is 9.51. The molecule has 0 saturated heterocycles. The Balaban J connectivity index is 1.61. The lowest BCUT2D eigenvalue weighted by Gasteiger charge is -2.05. The van der Waals surface area contributed by atoms with Crippen LogP contribution in [0.4, 0.5) is 5.69 Å². The van der Waals surface area contributed by atoms with Crippen LogP contribution in [0.3, 0.4) is 0 Å². The lowest BCUT2D eigenvalue weighted by molar-refractivity contribution is -0.115. The fourth-order valence-electron chi connectivity index (χ4n) is 2.54. The van der Waals surface area contributed by atoms with Crippen LogP contribution in [0.15, 0.2) is 53.9 Å². The Kier molecular flexibility index (Phi) is 5.98. The van der Waals surface area contributed by atoms with Gasteiger partial charge in [0, 0.05) is 22.2 Å². The second-order valence-electron chi connectivity index (χ2n) is 5.96. The van der Waals surface area contributed by atoms with Gasteiger partial charge in [-0.25, -0.2) is 4.98 Å². The third-order valence-corrected chi connectivity index (χ3v) is 4.82. The van der Waals surface area contributed by atoms with Gasteiger partial charge in [-0.05, 0) is 62.4 Å². The van der Waals surface area contributed by atoms with E-state index in [1.165, 1.54) is 18.3 Å². The quantitative estimate of drug-likeness (QED) is 0.609. The zero-order chi connectivity index (χ0) is 19.2. The van der Waals surface area contributed by atoms with Crippen molar-refractivity contribution in [2.75, 3.05) is 11.9 Å². The summed E-state index contributed by atoms with van der Waals surface area (Å²) in [7, 11) is 0. The molecule has 0 aliphatic carbocycles. The van der Waals surface area contributed by atoms with Crippen LogP contribution in [-0.2, 0) is 11.2 Å². The molecule has 1 aromatic heterocycles. The highest BCUT2D eigenvalue weighted by atomic mass is 32.1. The minimum atomic E-state index is -0.144. The van der Waals surface area contributed by atoms with E-state index in [0.717, 1.165) is 22.0 Å². The van der Waals surface area contributed by atoms with E-state index in [1.807, 2.05) is 36.6 Å². The van der Waals surface area contributed by atoms with E-state index < -0.39 is 0 Å². The van der Waals surface area contributed by atoms with Crippen molar-refractivity contribution >= 4 is 28.7 Å². The molecule has 3 rings (SSSR count). The fourth-order valence-corrected chi connectivity index (χ4v) is 3.36. The average molecular weight is 380 g/mol. The molecule has 0 aliphatic heterocycles. The standard InChI is InChI=1S/C21H20N2O3S/c1-3-26-19-10-6-16(7-11-19)21-23-18(13-27-21)12-20(25)22-17-8-4-15(5-9-17)14(2)24/h4-11,13H,3,12H2,1-2H3,(H,22,25). The Morgan fingerprint density at radius 1 is 1.07 bits per heavy atom. The predicted molar refractivity (Wildman–Crippen MR) is 107 cm³/mol. The molecular formula is C21H20N2O3S. The molecule has 0 saturated carbocycles. The minimum absolute atomic E-state index is 0.00262. The van der Waals surface area contributed by atoms with Crippen LogP contribution in [0.25, 0.3) is 10.6 Å². The van der Waals surface area contributed by atoms with Crippen molar-refractivity contribution in [2.24, 2.45) is 0 Å². The van der Waals surface area contributed by atoms with E-state index in [1.54, 1.807) is 24.3 Å². The van der Waals surface area contributed by atoms with E-state index in [2.05, 4.69) is 10.3 Å². The van der Waals surface area contributed by atoms with Crippen LogP contribution < -0.4 is 10.1 Å². The normalized spacial score (nSPS) is 10.4. The smallest absolute Gasteiger partial charge is 0.230 e. The lowest BCUT2D eigenvalue weighted by Crippen LogP contribution is -2.14. The van der Waals surface area contributed by atoms with Gasteiger partial charge in [0.05, 0.1) is 18.7 Å². The molecular weight excluding hydrogens is 360 g/mol. The molecule has 0 unspecified atom stereocenters. The molecule has 0 fully saturated rings. The van der Waals surface area contributed by atoms with Crippen molar-refractivity contribution in [3.8, 4) is 16.3 Å². The average Bonchev–Trinajstić information content (AvgIpc) is 3.11. The van der Waals surface area contributed by atoms with E-state index in [9.17, 15) is 9.59 Å². The second kappa shape index (κ2) is 8.60. The summed E-state index contributed by atoms with van der Waals surface area (Å²) in [5.74, 6) is 0.680. The largest absolute Gasteiger partial charge is 0.494 e. The van der Waals surface area contributed by atoms with Gasteiger partial charge in [-0.1, -0.05) is 0 Å². The van der Waals surface area contributed by atoms with Crippen LogP contribution in [0.2, 0.25) is 0 Å². The van der Waals surface area contributed by atoms with Gasteiger partial charge in [-0.2, -0.15) is 0 Å². The molecule has 2 aromatic carbocycles. The van der Waals surface area contributed by atoms with Crippen LogP contribution in [-0.4, -0.2) is 23.3 Å². The van der Waals surface area contributed by atoms with Crippen LogP contribution in [0, 0.1) is 0 Å². The van der Waals surface area contributed by atoms with Gasteiger partial charge in [0.25, 0.3) is 0 Å². The second-order valence-corrected chi connectivity index (χ2v) is 6.82. The number of anilines is 1. The summed E-state index contributed by atoms with van der Waals surface area (Å²) in [4.78, 5) is 28.1. The Hall–Kier alpha value is -2.99. The molecule has 0 radical (unpaired) electrons. The first kappa shape index (κ1) is 18.8. The van der Waals surface area contributed by atoms with Crippen molar-refractivity contribution < 1.29 is 14.3 Å². The summed E-state index contributed by atoms with van der Waals surface area (Å²) in [5, 5.41) is 5.59. The van der Waals surface area contributed by atoms with E-state index in [0.29, 0.717) is 17.9 Å². The molecule has 1 amide bonds. The van der Waals surface area contributed by atoms with Crippen LogP contribution in [0.1, 0.15) is 29.9 Å². The number of hydrogen-bond donors (Lipinski definition) is 1. The zero-order valence-corrected chi connectivity index (χ0v) is 16.0. The topological polar surface area (TPSA) is 68.3 Å². The van der Waals surface area contributed by atoms with Gasteiger partial charge in [0.15, 0.2) is 5.78 Å². The molecule has 5 nitrogen and oxygen atoms in total. The van der Waals surface area contributed by atoms with Crippen molar-refractivity contribution in [2.45, 2.75) is 20.3 Å². The number of ether oxygens (including phenoxy) is 1. The van der Waals surface area contributed by atoms with Crippen molar-refractivity contribution in [3.63, 3.8) is 0 Å². The van der Waals surface area contributed by atoms with Crippen molar-refractivity contribution in [3.05, 3.63) is 65.2 Å². The number of thiazole rings is 1. The number of nitrogens with one attached hydrogen (secondary N) is 1. The minimum Gasteiger partial charge on any atom is -0.494 e. The highest BCUT2D eigenvalue weighted by Gasteiger charge is 2.10. The fraction of sp³-hybridized carbons (Fsp3) is 0.190. The third kappa shape index (κ3) is 5.01. The Morgan fingerprint density at radius 3 is 2.41 bits per heavy atom. The number of Topliss-reactive ketones (excluding diaryl/α,β-unsaturated/α-hetero) is 1. The van der Waals surface area contributed by atoms with Crippen molar-refractivity contribution in [1.82, 2.24) is 4.98 Å². The number of carbonyl (C=O) groups excluding carboxylic acids is 2. The Morgan fingerprint density at radius 2 is 1.78 bits per heavy atom. The molecule has 3 aromatic rings. The monoisotopic (exact) mass is 380 g/mol. The number of ketones is 1. The summed E-state index contributed by atoms with van der Waals surface area (Å²) in [5.41, 5.74) is 3.00. The van der Waals surface area contributed by atoms with Gasteiger partial charge < -0.3 is 10.1 Å². The first-order chi connectivity index (χ1) is 13.0. The van der Waals surface area contributed by atoms with Crippen LogP contribution >= 0.6 is 11.3 Å². The van der Waals surface area contributed by atoms with E-state index in [-0.39, 0.29) is 18.1 Å². The van der Waals surface area contributed by atoms with Crippen LogP contribution in [0.5, 0.6) is 5.75 Å². The predicted octanol–water partition coefficient (Wildman–Crippen LogP) is 4.59. The molecule has 0 bridgehead atoms. The zero-order valence-electron chi connectivity index (χ0n) is 15.2. The molecule has 138 valence electrons. The highest BCUT2D eigenvalue weighted by Crippen LogP contribution is 2.26. The van der Waals surface area contributed by atoms with Gasteiger partial charge in [0.2, 0.25) is 5.91 Å². The molecule has 27 heavy (non-hydrogen) atoms. The number of amides is 1. The van der Waals surface area contributed by atoms with E-state index >= 15 is 0 Å². The summed E-state index contributed by atoms with van der Waals surface area (Å²) >= 11 is 1.51. The maximum Gasteiger partial charge on any atom is 0.230 e. The molecule has 1 heterocycles. The van der Waals surface area contributed by atoms with Gasteiger partial charge in [-0.3, -0.25) is 9.59 Å². The first-order valence-electron chi connectivity index (χ1n) is 8.63. The molecule has 0 atom stereocenters. The van der Waals surface area contributed by atoms with Gasteiger partial charge in [0.1, 0.15) is 10.8 Å². The molecule has 0 aliphatic rings. The number of aromatic nitrogens is 1. The number of rotatable bonds is 7. The third-order valence-electron chi connectivity index (χ3n) is 3.88. The van der Waals surface area contributed by atoms with Crippen molar-refractivity contribution in [1.29, 1.82) is 0 Å². The molecule has 0 spiro atoms. The number of nitrogens with zero attached hydrogens (tertiary/aromatic N) is 1. The summed E-state index contributed by atoms with van der Waals surface area (Å²) in [6.07, 6.45) is 0.196. The maximum absolute atomic E-state index is 12.2. The summed E-state index contributed by atoms with van der Waals surface area (Å²) in [6, 6.07) is 14.6. The maximum atomic E-state index is 12.2. The Labute approximate surface area is 162 Å². The summed E-state index contributed by atoms with van der Waals surface area (Å²) in [6.45, 7) is 4.09. The Bertz CT molecular complexity index is 931. The van der Waals surface area contributed by atoms with Gasteiger partial charge in [-0.15, -0.1) is 11.3 Å². The molecule has 6 heteroatoms.